The van der Waals surface area contributed by atoms with Crippen LogP contribution in [-0.2, 0) is 9.84 Å². The number of benzene rings is 3. The third-order valence-corrected chi connectivity index (χ3v) is 7.42. The molecule has 0 bridgehead atoms. The monoisotopic (exact) mass is 488 g/mol. The zero-order valence-corrected chi connectivity index (χ0v) is 17.6. The molecule has 5 heteroatoms. The molecule has 0 aromatic heterocycles. The molecule has 3 rings (SSSR count). The third kappa shape index (κ3) is 4.20. The second-order valence-electron chi connectivity index (χ2n) is 6.02. The Bertz CT molecular complexity index is 1090. The second-order valence-corrected chi connectivity index (χ2v) is 8.99. The first-order valence-corrected chi connectivity index (χ1v) is 10.8. The largest absolute Gasteiger partial charge is 0.288 e. The first-order valence-electron chi connectivity index (χ1n) is 8.28. The molecular weight excluding hydrogens is 471 g/mol. The van der Waals surface area contributed by atoms with Crippen LogP contribution in [0, 0.1) is 6.92 Å². The predicted octanol–water partition coefficient (Wildman–Crippen LogP) is 5.46. The summed E-state index contributed by atoms with van der Waals surface area (Å²) < 4.78 is 27.1. The van der Waals surface area contributed by atoms with E-state index in [9.17, 15) is 13.2 Å². The van der Waals surface area contributed by atoms with Gasteiger partial charge >= 0.3 is 0 Å². The fourth-order valence-corrected chi connectivity index (χ4v) is 5.55. The summed E-state index contributed by atoms with van der Waals surface area (Å²) in [6.07, 6.45) is 0. The number of sulfone groups is 1. The minimum Gasteiger partial charge on any atom is -0.288 e. The van der Waals surface area contributed by atoms with Crippen LogP contribution in [-0.4, -0.2) is 14.2 Å². The highest BCUT2D eigenvalue weighted by Gasteiger charge is 2.31. The Morgan fingerprint density at radius 1 is 0.741 bits per heavy atom. The van der Waals surface area contributed by atoms with Crippen LogP contribution in [0.4, 0.5) is 0 Å². The van der Waals surface area contributed by atoms with Gasteiger partial charge in [0.15, 0.2) is 0 Å². The fraction of sp³-hybridized carbons (Fsp3) is 0.0455. The molecule has 0 saturated heterocycles. The van der Waals surface area contributed by atoms with Crippen molar-refractivity contribution in [3.05, 3.63) is 107 Å². The Hall–Kier alpha value is -2.25. The van der Waals surface area contributed by atoms with Crippen LogP contribution in [0.3, 0.4) is 0 Å². The molecular formula is C22H17IO3S. The van der Waals surface area contributed by atoms with Gasteiger partial charge in [-0.1, -0.05) is 78.4 Å². The first kappa shape index (κ1) is 19.5. The molecule has 3 aromatic carbocycles. The van der Waals surface area contributed by atoms with Crippen LogP contribution < -0.4 is 0 Å². The summed E-state index contributed by atoms with van der Waals surface area (Å²) in [5.41, 5.74) is 2.04. The Labute approximate surface area is 172 Å². The number of Topliss-reactive ketones (excluding diaryl/α,β-unsaturated/α-hetero) is 1. The van der Waals surface area contributed by atoms with E-state index in [-0.39, 0.29) is 9.80 Å². The highest BCUT2D eigenvalue weighted by atomic mass is 127. The number of allylic oxidation sites excluding steroid dienone is 1. The molecule has 0 aliphatic heterocycles. The van der Waals surface area contributed by atoms with E-state index in [2.05, 4.69) is 0 Å². The minimum atomic E-state index is -3.98. The molecule has 3 aromatic rings. The Balaban J connectivity index is 2.24. The van der Waals surface area contributed by atoms with Gasteiger partial charge in [0.25, 0.3) is 0 Å². The van der Waals surface area contributed by atoms with E-state index in [0.29, 0.717) is 14.7 Å². The molecule has 0 saturated carbocycles. The average Bonchev–Trinajstić information content (AvgIpc) is 2.69. The number of carbonyl (C=O) groups is 1. The van der Waals surface area contributed by atoms with E-state index in [4.69, 9.17) is 0 Å². The van der Waals surface area contributed by atoms with Crippen LogP contribution in [0.25, 0.3) is 3.58 Å². The zero-order valence-electron chi connectivity index (χ0n) is 14.6. The summed E-state index contributed by atoms with van der Waals surface area (Å²) in [4.78, 5) is 13.1. The van der Waals surface area contributed by atoms with Gasteiger partial charge in [0, 0.05) is 9.14 Å². The lowest BCUT2D eigenvalue weighted by atomic mass is 10.1. The summed E-state index contributed by atoms with van der Waals surface area (Å²) in [6.45, 7) is 1.92. The van der Waals surface area contributed by atoms with E-state index in [0.717, 1.165) is 5.56 Å². The first-order chi connectivity index (χ1) is 12.9. The molecule has 0 amide bonds. The molecule has 3 nitrogen and oxygen atoms in total. The van der Waals surface area contributed by atoms with Gasteiger partial charge in [-0.15, -0.1) is 0 Å². The predicted molar refractivity (Wildman–Crippen MR) is 117 cm³/mol. The molecule has 0 aliphatic rings. The molecule has 0 spiro atoms. The smallest absolute Gasteiger partial charge is 0.211 e. The van der Waals surface area contributed by atoms with Crippen molar-refractivity contribution in [3.63, 3.8) is 0 Å². The number of halogens is 1. The topological polar surface area (TPSA) is 51.2 Å². The van der Waals surface area contributed by atoms with Crippen LogP contribution >= 0.6 is 22.6 Å². The number of carbonyl (C=O) groups excluding carboxylic acids is 1. The Morgan fingerprint density at radius 2 is 1.26 bits per heavy atom. The molecule has 27 heavy (non-hydrogen) atoms. The number of hydrogen-bond acceptors (Lipinski definition) is 3. The average molecular weight is 488 g/mol. The van der Waals surface area contributed by atoms with Crippen molar-refractivity contribution in [1.29, 1.82) is 0 Å². The van der Waals surface area contributed by atoms with Crippen molar-refractivity contribution in [3.8, 4) is 0 Å². The van der Waals surface area contributed by atoms with Crippen molar-refractivity contribution in [1.82, 2.24) is 0 Å². The number of aryl methyl sites for hydroxylation is 1. The molecule has 0 aliphatic carbocycles. The van der Waals surface area contributed by atoms with Crippen LogP contribution in [0.2, 0.25) is 0 Å². The maximum Gasteiger partial charge on any atom is 0.211 e. The maximum absolute atomic E-state index is 13.3. The van der Waals surface area contributed by atoms with Gasteiger partial charge in [-0.05, 0) is 47.2 Å². The summed E-state index contributed by atoms with van der Waals surface area (Å²) >= 11 is 1.95. The molecule has 136 valence electrons. The Kier molecular flexibility index (Phi) is 5.92. The van der Waals surface area contributed by atoms with Crippen LogP contribution in [0.15, 0.2) is 94.7 Å². The van der Waals surface area contributed by atoms with Crippen LogP contribution in [0.5, 0.6) is 0 Å². The maximum atomic E-state index is 13.3. The highest BCUT2D eigenvalue weighted by Crippen LogP contribution is 2.34. The number of hydrogen-bond donors (Lipinski definition) is 0. The molecule has 0 heterocycles. The van der Waals surface area contributed by atoms with E-state index >= 15 is 0 Å². The van der Waals surface area contributed by atoms with Gasteiger partial charge in [0.05, 0.1) is 4.90 Å². The molecule has 0 fully saturated rings. The standard InChI is InChI=1S/C22H17IO3S/c1-16-12-14-18(15-13-16)21(24)22(20(23)17-8-4-2-5-9-17)27(25,26)19-10-6-3-7-11-19/h2-15H,1H3/b22-20+. The van der Waals surface area contributed by atoms with Gasteiger partial charge in [-0.25, -0.2) is 8.42 Å². The van der Waals surface area contributed by atoms with E-state index in [1.165, 1.54) is 12.1 Å². The van der Waals surface area contributed by atoms with E-state index < -0.39 is 15.6 Å². The van der Waals surface area contributed by atoms with Gasteiger partial charge in [0.2, 0.25) is 15.6 Å². The lowest BCUT2D eigenvalue weighted by molar-refractivity contribution is 0.104. The van der Waals surface area contributed by atoms with Gasteiger partial charge < -0.3 is 0 Å². The fourth-order valence-electron chi connectivity index (χ4n) is 2.61. The molecule has 0 N–H and O–H groups in total. The SMILES string of the molecule is Cc1ccc(C(=O)/C(=C(\I)c2ccccc2)S(=O)(=O)c2ccccc2)cc1. The van der Waals surface area contributed by atoms with Gasteiger partial charge in [0.1, 0.15) is 4.91 Å². The summed E-state index contributed by atoms with van der Waals surface area (Å²) in [6, 6.07) is 24.0. The van der Waals surface area contributed by atoms with Gasteiger partial charge in [-0.3, -0.25) is 4.79 Å². The molecule has 0 unspecified atom stereocenters. The number of ketones is 1. The minimum absolute atomic E-state index is 0.102. The van der Waals surface area contributed by atoms with Crippen molar-refractivity contribution in [2.75, 3.05) is 0 Å². The third-order valence-electron chi connectivity index (χ3n) is 4.07. The number of rotatable bonds is 5. The van der Waals surface area contributed by atoms with Crippen molar-refractivity contribution >= 4 is 41.8 Å². The summed E-state index contributed by atoms with van der Waals surface area (Å²) in [5, 5.41) is 0. The summed E-state index contributed by atoms with van der Waals surface area (Å²) in [5.74, 6) is -0.507. The van der Waals surface area contributed by atoms with E-state index in [1.807, 2.05) is 47.7 Å². The van der Waals surface area contributed by atoms with Crippen molar-refractivity contribution in [2.24, 2.45) is 0 Å². The van der Waals surface area contributed by atoms with E-state index in [1.54, 1.807) is 54.6 Å². The second kappa shape index (κ2) is 8.19. The summed E-state index contributed by atoms with van der Waals surface area (Å²) in [7, 11) is -3.98. The van der Waals surface area contributed by atoms with Crippen molar-refractivity contribution in [2.45, 2.75) is 11.8 Å². The lowest BCUT2D eigenvalue weighted by Gasteiger charge is -2.12. The highest BCUT2D eigenvalue weighted by molar-refractivity contribution is 14.1. The molecule has 0 radical (unpaired) electrons. The normalized spacial score (nSPS) is 12.4. The quantitative estimate of drug-likeness (QED) is 0.273. The zero-order chi connectivity index (χ0) is 19.4. The molecule has 0 atom stereocenters. The van der Waals surface area contributed by atoms with Gasteiger partial charge in [-0.2, -0.15) is 0 Å². The van der Waals surface area contributed by atoms with Crippen molar-refractivity contribution < 1.29 is 13.2 Å². The lowest BCUT2D eigenvalue weighted by Crippen LogP contribution is -2.16. The van der Waals surface area contributed by atoms with Crippen LogP contribution in [0.1, 0.15) is 21.5 Å². The Morgan fingerprint density at radius 3 is 1.81 bits per heavy atom.